The predicted octanol–water partition coefficient (Wildman–Crippen LogP) is 5.26. The number of thiophene rings is 1. The van der Waals surface area contributed by atoms with Crippen LogP contribution in [0.5, 0.6) is 0 Å². The molecule has 0 bridgehead atoms. The van der Waals surface area contributed by atoms with Gasteiger partial charge in [-0.3, -0.25) is 0 Å². The summed E-state index contributed by atoms with van der Waals surface area (Å²) >= 11 is 1.89. The highest BCUT2D eigenvalue weighted by Gasteiger charge is 2.04. The van der Waals surface area contributed by atoms with Crippen molar-refractivity contribution >= 4 is 11.3 Å². The number of unbranched alkanes of at least 4 members (excludes halogenated alkanes) is 1. The molecule has 1 N–H and O–H groups in total. The third-order valence-corrected chi connectivity index (χ3v) is 4.54. The molecule has 0 saturated heterocycles. The SMILES string of the molecule is CCCCc1ccc(-c2ccc(CNC(C)C)s2)cc1. The number of hydrogen-bond donors (Lipinski definition) is 1. The van der Waals surface area contributed by atoms with Crippen molar-refractivity contribution in [2.45, 2.75) is 52.6 Å². The summed E-state index contributed by atoms with van der Waals surface area (Å²) in [7, 11) is 0. The monoisotopic (exact) mass is 287 g/mol. The van der Waals surface area contributed by atoms with Crippen LogP contribution in [0.25, 0.3) is 10.4 Å². The highest BCUT2D eigenvalue weighted by atomic mass is 32.1. The van der Waals surface area contributed by atoms with Gasteiger partial charge in [0.2, 0.25) is 0 Å². The van der Waals surface area contributed by atoms with E-state index in [2.05, 4.69) is 62.5 Å². The summed E-state index contributed by atoms with van der Waals surface area (Å²) in [5.74, 6) is 0. The highest BCUT2D eigenvalue weighted by molar-refractivity contribution is 7.15. The Labute approximate surface area is 127 Å². The van der Waals surface area contributed by atoms with Crippen LogP contribution < -0.4 is 5.32 Å². The average Bonchev–Trinajstić information content (AvgIpc) is 2.92. The van der Waals surface area contributed by atoms with Crippen molar-refractivity contribution in [2.75, 3.05) is 0 Å². The van der Waals surface area contributed by atoms with Crippen molar-refractivity contribution in [3.63, 3.8) is 0 Å². The van der Waals surface area contributed by atoms with Crippen LogP contribution in [0.3, 0.4) is 0 Å². The topological polar surface area (TPSA) is 12.0 Å². The van der Waals surface area contributed by atoms with E-state index in [1.165, 1.54) is 40.1 Å². The fourth-order valence-electron chi connectivity index (χ4n) is 2.15. The van der Waals surface area contributed by atoms with Gasteiger partial charge < -0.3 is 5.32 Å². The first-order valence-electron chi connectivity index (χ1n) is 7.60. The molecule has 0 unspecified atom stereocenters. The van der Waals surface area contributed by atoms with Crippen LogP contribution >= 0.6 is 11.3 Å². The molecule has 0 aliphatic carbocycles. The van der Waals surface area contributed by atoms with Gasteiger partial charge in [-0.1, -0.05) is 51.5 Å². The zero-order chi connectivity index (χ0) is 14.4. The Morgan fingerprint density at radius 3 is 2.45 bits per heavy atom. The van der Waals surface area contributed by atoms with Crippen LogP contribution in [0.1, 0.15) is 44.1 Å². The predicted molar refractivity (Wildman–Crippen MR) is 90.3 cm³/mol. The van der Waals surface area contributed by atoms with Gasteiger partial charge in [0.25, 0.3) is 0 Å². The molecule has 2 rings (SSSR count). The second kappa shape index (κ2) is 7.61. The molecule has 1 heterocycles. The fraction of sp³-hybridized carbons (Fsp3) is 0.444. The summed E-state index contributed by atoms with van der Waals surface area (Å²) in [6.07, 6.45) is 3.74. The zero-order valence-corrected chi connectivity index (χ0v) is 13.6. The Balaban J connectivity index is 2.00. The molecule has 108 valence electrons. The molecule has 1 nitrogen and oxygen atoms in total. The van der Waals surface area contributed by atoms with Gasteiger partial charge >= 0.3 is 0 Å². The molecule has 2 heteroatoms. The lowest BCUT2D eigenvalue weighted by molar-refractivity contribution is 0.593. The Morgan fingerprint density at radius 1 is 1.05 bits per heavy atom. The van der Waals surface area contributed by atoms with E-state index in [0.717, 1.165) is 6.54 Å². The van der Waals surface area contributed by atoms with Crippen LogP contribution in [0.4, 0.5) is 0 Å². The van der Waals surface area contributed by atoms with Crippen LogP contribution in [-0.2, 0) is 13.0 Å². The van der Waals surface area contributed by atoms with Crippen LogP contribution in [0, 0.1) is 0 Å². The maximum absolute atomic E-state index is 3.47. The van der Waals surface area contributed by atoms with Crippen molar-refractivity contribution in [1.29, 1.82) is 0 Å². The smallest absolute Gasteiger partial charge is 0.0346 e. The van der Waals surface area contributed by atoms with Crippen molar-refractivity contribution in [3.05, 3.63) is 46.8 Å². The van der Waals surface area contributed by atoms with Crippen molar-refractivity contribution in [2.24, 2.45) is 0 Å². The molecule has 0 aliphatic heterocycles. The van der Waals surface area contributed by atoms with Gasteiger partial charge in [0, 0.05) is 22.3 Å². The molecule has 1 aromatic heterocycles. The molecule has 0 aliphatic rings. The number of nitrogens with one attached hydrogen (secondary N) is 1. The lowest BCUT2D eigenvalue weighted by Gasteiger charge is -2.05. The standard InChI is InChI=1S/C18H25NS/c1-4-5-6-15-7-9-16(10-8-15)18-12-11-17(20-18)13-19-14(2)3/h7-12,14,19H,4-6,13H2,1-3H3. The first kappa shape index (κ1) is 15.3. The third-order valence-electron chi connectivity index (χ3n) is 3.40. The Kier molecular flexibility index (Phi) is 5.81. The van der Waals surface area contributed by atoms with E-state index in [9.17, 15) is 0 Å². The van der Waals surface area contributed by atoms with Gasteiger partial charge in [-0.25, -0.2) is 0 Å². The minimum atomic E-state index is 0.540. The van der Waals surface area contributed by atoms with Crippen LogP contribution in [-0.4, -0.2) is 6.04 Å². The van der Waals surface area contributed by atoms with Crippen molar-refractivity contribution in [3.8, 4) is 10.4 Å². The summed E-state index contributed by atoms with van der Waals surface area (Å²) in [5.41, 5.74) is 2.79. The second-order valence-electron chi connectivity index (χ2n) is 5.60. The number of aryl methyl sites for hydroxylation is 1. The normalized spacial score (nSPS) is 11.2. The highest BCUT2D eigenvalue weighted by Crippen LogP contribution is 2.28. The van der Waals surface area contributed by atoms with Crippen LogP contribution in [0.2, 0.25) is 0 Å². The van der Waals surface area contributed by atoms with E-state index in [0.29, 0.717) is 6.04 Å². The van der Waals surface area contributed by atoms with Crippen LogP contribution in [0.15, 0.2) is 36.4 Å². The van der Waals surface area contributed by atoms with E-state index in [1.54, 1.807) is 0 Å². The lowest BCUT2D eigenvalue weighted by Crippen LogP contribution is -2.21. The first-order valence-corrected chi connectivity index (χ1v) is 8.42. The minimum Gasteiger partial charge on any atom is -0.310 e. The van der Waals surface area contributed by atoms with Gasteiger partial charge in [-0.2, -0.15) is 0 Å². The molecule has 0 fully saturated rings. The zero-order valence-electron chi connectivity index (χ0n) is 12.8. The van der Waals surface area contributed by atoms with E-state index >= 15 is 0 Å². The lowest BCUT2D eigenvalue weighted by atomic mass is 10.1. The molecule has 0 amide bonds. The Hall–Kier alpha value is -1.12. The molecule has 2 aromatic rings. The van der Waals surface area contributed by atoms with Crippen molar-refractivity contribution < 1.29 is 0 Å². The van der Waals surface area contributed by atoms with Gasteiger partial charge in [-0.05, 0) is 36.1 Å². The molecular weight excluding hydrogens is 262 g/mol. The summed E-state index contributed by atoms with van der Waals surface area (Å²) in [6, 6.07) is 14.1. The summed E-state index contributed by atoms with van der Waals surface area (Å²) < 4.78 is 0. The van der Waals surface area contributed by atoms with Gasteiger partial charge in [0.1, 0.15) is 0 Å². The van der Waals surface area contributed by atoms with Crippen molar-refractivity contribution in [1.82, 2.24) is 5.32 Å². The molecule has 0 atom stereocenters. The van der Waals surface area contributed by atoms with Gasteiger partial charge in [0.15, 0.2) is 0 Å². The first-order chi connectivity index (χ1) is 9.69. The maximum Gasteiger partial charge on any atom is 0.0346 e. The van der Waals surface area contributed by atoms with Gasteiger partial charge in [0.05, 0.1) is 0 Å². The Morgan fingerprint density at radius 2 is 1.80 bits per heavy atom. The number of benzene rings is 1. The molecule has 0 saturated carbocycles. The quantitative estimate of drug-likeness (QED) is 0.733. The summed E-state index contributed by atoms with van der Waals surface area (Å²) in [6.45, 7) is 7.58. The molecule has 20 heavy (non-hydrogen) atoms. The number of rotatable bonds is 7. The van der Waals surface area contributed by atoms with E-state index in [1.807, 2.05) is 11.3 Å². The molecule has 0 radical (unpaired) electrons. The van der Waals surface area contributed by atoms with E-state index in [4.69, 9.17) is 0 Å². The average molecular weight is 287 g/mol. The molecule has 0 spiro atoms. The summed E-state index contributed by atoms with van der Waals surface area (Å²) in [4.78, 5) is 2.77. The number of hydrogen-bond acceptors (Lipinski definition) is 2. The van der Waals surface area contributed by atoms with E-state index < -0.39 is 0 Å². The molecular formula is C18H25NS. The minimum absolute atomic E-state index is 0.540. The maximum atomic E-state index is 3.47. The van der Waals surface area contributed by atoms with Gasteiger partial charge in [-0.15, -0.1) is 11.3 Å². The fourth-order valence-corrected chi connectivity index (χ4v) is 3.11. The van der Waals surface area contributed by atoms with E-state index in [-0.39, 0.29) is 0 Å². The second-order valence-corrected chi connectivity index (χ2v) is 6.77. The third kappa shape index (κ3) is 4.46. The molecule has 1 aromatic carbocycles. The Bertz CT molecular complexity index is 510. The summed E-state index contributed by atoms with van der Waals surface area (Å²) in [5, 5.41) is 3.47. The largest absolute Gasteiger partial charge is 0.310 e.